The predicted octanol–water partition coefficient (Wildman–Crippen LogP) is 5.36. The number of aromatic hydroxyl groups is 1. The molecule has 0 heterocycles. The van der Waals surface area contributed by atoms with Gasteiger partial charge in [0.1, 0.15) is 30.0 Å². The third-order valence-electron chi connectivity index (χ3n) is 6.95. The summed E-state index contributed by atoms with van der Waals surface area (Å²) >= 11 is 0. The number of aryl methyl sites for hydroxylation is 1. The van der Waals surface area contributed by atoms with Crippen LogP contribution in [0.2, 0.25) is 0 Å². The smallest absolute Gasteiger partial charge is 0.408 e. The molecule has 3 N–H and O–H groups in total. The largest absolute Gasteiger partial charge is 0.508 e. The van der Waals surface area contributed by atoms with E-state index < -0.39 is 41.6 Å². The SMILES string of the molecule is CCCCCCCCN(C(=O)C(Cc1ccc(O)cc1)NC(=O)OC(C)(C)C)C(C(=O)NCC(=O)OC)c1cccc(C)c1. The number of hydrogen-bond donors (Lipinski definition) is 3. The number of amides is 3. The lowest BCUT2D eigenvalue weighted by Gasteiger charge is -2.34. The fourth-order valence-corrected chi connectivity index (χ4v) is 4.79. The molecule has 2 unspecified atom stereocenters. The molecule has 2 aromatic rings. The molecule has 3 amide bonds. The molecule has 0 saturated heterocycles. The third kappa shape index (κ3) is 12.7. The van der Waals surface area contributed by atoms with Crippen LogP contribution < -0.4 is 10.6 Å². The van der Waals surface area contributed by atoms with Gasteiger partial charge >= 0.3 is 12.1 Å². The molecule has 44 heavy (non-hydrogen) atoms. The molecule has 0 aliphatic heterocycles. The molecule has 2 aromatic carbocycles. The van der Waals surface area contributed by atoms with Gasteiger partial charge in [-0.15, -0.1) is 0 Å². The normalized spacial score (nSPS) is 12.5. The van der Waals surface area contributed by atoms with Crippen LogP contribution in [-0.4, -0.2) is 65.7 Å². The fraction of sp³-hybridized carbons (Fsp3) is 0.529. The Hall–Kier alpha value is -4.08. The predicted molar refractivity (Wildman–Crippen MR) is 169 cm³/mol. The van der Waals surface area contributed by atoms with E-state index in [0.29, 0.717) is 17.5 Å². The van der Waals surface area contributed by atoms with Crippen LogP contribution in [0, 0.1) is 6.92 Å². The molecular formula is C34H49N3O7. The van der Waals surface area contributed by atoms with Crippen LogP contribution in [0.5, 0.6) is 5.75 Å². The van der Waals surface area contributed by atoms with Crippen molar-refractivity contribution in [3.63, 3.8) is 0 Å². The van der Waals surface area contributed by atoms with Crippen LogP contribution in [0.25, 0.3) is 0 Å². The van der Waals surface area contributed by atoms with Gasteiger partial charge in [0.25, 0.3) is 0 Å². The number of ether oxygens (including phenoxy) is 2. The maximum atomic E-state index is 14.5. The molecule has 0 aliphatic rings. The first kappa shape index (κ1) is 36.1. The number of nitrogens with zero attached hydrogens (tertiary/aromatic N) is 1. The van der Waals surface area contributed by atoms with Crippen molar-refractivity contribution in [2.24, 2.45) is 0 Å². The summed E-state index contributed by atoms with van der Waals surface area (Å²) in [6.45, 7) is 9.12. The minimum absolute atomic E-state index is 0.0724. The lowest BCUT2D eigenvalue weighted by Crippen LogP contribution is -2.54. The van der Waals surface area contributed by atoms with Gasteiger partial charge in [0, 0.05) is 13.0 Å². The van der Waals surface area contributed by atoms with Gasteiger partial charge in [0.05, 0.1) is 7.11 Å². The van der Waals surface area contributed by atoms with E-state index in [-0.39, 0.29) is 25.3 Å². The van der Waals surface area contributed by atoms with Crippen molar-refractivity contribution < 1.29 is 33.8 Å². The summed E-state index contributed by atoms with van der Waals surface area (Å²) < 4.78 is 10.2. The molecule has 0 spiro atoms. The van der Waals surface area contributed by atoms with Gasteiger partial charge < -0.3 is 30.1 Å². The summed E-state index contributed by atoms with van der Waals surface area (Å²) in [6.07, 6.45) is 5.12. The topological polar surface area (TPSA) is 134 Å². The average molecular weight is 612 g/mol. The van der Waals surface area contributed by atoms with Gasteiger partial charge in [0.15, 0.2) is 0 Å². The zero-order chi connectivity index (χ0) is 32.7. The number of rotatable bonds is 16. The van der Waals surface area contributed by atoms with E-state index in [0.717, 1.165) is 37.7 Å². The van der Waals surface area contributed by atoms with Crippen molar-refractivity contribution in [3.8, 4) is 5.75 Å². The highest BCUT2D eigenvalue weighted by Gasteiger charge is 2.36. The first-order valence-electron chi connectivity index (χ1n) is 15.3. The number of phenolic OH excluding ortho intramolecular Hbond substituents is 1. The number of hydrogen-bond acceptors (Lipinski definition) is 7. The van der Waals surface area contributed by atoms with E-state index in [1.54, 1.807) is 39.0 Å². The van der Waals surface area contributed by atoms with Gasteiger partial charge in [-0.2, -0.15) is 0 Å². The van der Waals surface area contributed by atoms with Gasteiger partial charge in [-0.05, 0) is 57.4 Å². The summed E-state index contributed by atoms with van der Waals surface area (Å²) in [4.78, 5) is 54.6. The third-order valence-corrected chi connectivity index (χ3v) is 6.95. The first-order valence-corrected chi connectivity index (χ1v) is 15.3. The Morgan fingerprint density at radius 2 is 1.61 bits per heavy atom. The minimum atomic E-state index is -1.09. The van der Waals surface area contributed by atoms with Crippen molar-refractivity contribution in [1.82, 2.24) is 15.5 Å². The Morgan fingerprint density at radius 1 is 0.955 bits per heavy atom. The quantitative estimate of drug-likeness (QED) is 0.172. The number of phenols is 1. The molecule has 10 heteroatoms. The summed E-state index contributed by atoms with van der Waals surface area (Å²) in [7, 11) is 1.23. The molecule has 0 aliphatic carbocycles. The Labute approximate surface area is 261 Å². The number of nitrogens with one attached hydrogen (secondary N) is 2. The summed E-state index contributed by atoms with van der Waals surface area (Å²) in [5, 5.41) is 15.1. The zero-order valence-electron chi connectivity index (χ0n) is 27.0. The number of methoxy groups -OCH3 is 1. The van der Waals surface area contributed by atoms with Crippen LogP contribution in [0.3, 0.4) is 0 Å². The second-order valence-corrected chi connectivity index (χ2v) is 12.0. The van der Waals surface area contributed by atoms with Gasteiger partial charge in [-0.3, -0.25) is 14.4 Å². The Bertz CT molecular complexity index is 1220. The lowest BCUT2D eigenvalue weighted by molar-refractivity contribution is -0.144. The van der Waals surface area contributed by atoms with E-state index in [1.165, 1.54) is 24.1 Å². The van der Waals surface area contributed by atoms with Crippen LogP contribution >= 0.6 is 0 Å². The molecule has 0 radical (unpaired) electrons. The number of esters is 1. The zero-order valence-corrected chi connectivity index (χ0v) is 27.0. The molecule has 0 bridgehead atoms. The fourth-order valence-electron chi connectivity index (χ4n) is 4.79. The molecule has 0 fully saturated rings. The van der Waals surface area contributed by atoms with Crippen LogP contribution in [0.15, 0.2) is 48.5 Å². The van der Waals surface area contributed by atoms with Crippen molar-refractivity contribution in [2.75, 3.05) is 20.2 Å². The summed E-state index contributed by atoms with van der Waals surface area (Å²) in [5.74, 6) is -1.56. The highest BCUT2D eigenvalue weighted by molar-refractivity contribution is 5.93. The average Bonchev–Trinajstić information content (AvgIpc) is 2.96. The van der Waals surface area contributed by atoms with Crippen molar-refractivity contribution >= 4 is 23.9 Å². The first-order chi connectivity index (χ1) is 20.8. The molecular weight excluding hydrogens is 562 g/mol. The number of alkyl carbamates (subject to hydrolysis) is 1. The molecule has 0 saturated carbocycles. The standard InChI is InChI=1S/C34H49N3O7/c1-7-8-9-10-11-12-20-37(30(26-15-13-14-24(2)21-26)31(40)35-23-29(39)43-6)32(41)28(36-33(42)44-34(3,4)5)22-25-16-18-27(38)19-17-25/h13-19,21,28,30,38H,7-12,20,22-23H2,1-6H3,(H,35,40)(H,36,42). The second-order valence-electron chi connectivity index (χ2n) is 12.0. The summed E-state index contributed by atoms with van der Waals surface area (Å²) in [6, 6.07) is 11.5. The van der Waals surface area contributed by atoms with E-state index in [1.807, 2.05) is 25.1 Å². The molecule has 242 valence electrons. The van der Waals surface area contributed by atoms with Crippen molar-refractivity contribution in [3.05, 3.63) is 65.2 Å². The number of benzene rings is 2. The van der Waals surface area contributed by atoms with Crippen LogP contribution in [-0.2, 0) is 30.3 Å². The van der Waals surface area contributed by atoms with Crippen LogP contribution in [0.4, 0.5) is 4.79 Å². The van der Waals surface area contributed by atoms with Crippen molar-refractivity contribution in [1.29, 1.82) is 0 Å². The van der Waals surface area contributed by atoms with E-state index >= 15 is 0 Å². The maximum absolute atomic E-state index is 14.5. The van der Waals surface area contributed by atoms with Crippen LogP contribution in [0.1, 0.15) is 89.0 Å². The van der Waals surface area contributed by atoms with Gasteiger partial charge in [-0.1, -0.05) is 81.0 Å². The van der Waals surface area contributed by atoms with Crippen molar-refractivity contribution in [2.45, 2.75) is 97.2 Å². The van der Waals surface area contributed by atoms with Gasteiger partial charge in [0.2, 0.25) is 11.8 Å². The summed E-state index contributed by atoms with van der Waals surface area (Å²) in [5.41, 5.74) is 1.37. The number of unbranched alkanes of at least 4 members (excludes halogenated alkanes) is 5. The van der Waals surface area contributed by atoms with Gasteiger partial charge in [-0.25, -0.2) is 4.79 Å². The van der Waals surface area contributed by atoms with E-state index in [4.69, 9.17) is 9.47 Å². The maximum Gasteiger partial charge on any atom is 0.408 e. The Morgan fingerprint density at radius 3 is 2.23 bits per heavy atom. The molecule has 2 atom stereocenters. The van der Waals surface area contributed by atoms with E-state index in [9.17, 15) is 24.3 Å². The highest BCUT2D eigenvalue weighted by atomic mass is 16.6. The second kappa shape index (κ2) is 17.9. The molecule has 0 aromatic heterocycles. The Balaban J connectivity index is 2.54. The minimum Gasteiger partial charge on any atom is -0.508 e. The lowest BCUT2D eigenvalue weighted by atomic mass is 9.98. The molecule has 10 nitrogen and oxygen atoms in total. The number of carbonyl (C=O) groups excluding carboxylic acids is 4. The Kier molecular flexibility index (Phi) is 14.7. The number of carbonyl (C=O) groups is 4. The van der Waals surface area contributed by atoms with E-state index in [2.05, 4.69) is 17.6 Å². The monoisotopic (exact) mass is 611 g/mol. The molecule has 2 rings (SSSR count). The highest BCUT2D eigenvalue weighted by Crippen LogP contribution is 2.25.